The van der Waals surface area contributed by atoms with E-state index in [-0.39, 0.29) is 35.9 Å². The highest BCUT2D eigenvalue weighted by molar-refractivity contribution is 14.0. The maximum atomic E-state index is 11.9. The Bertz CT molecular complexity index is 588. The first-order chi connectivity index (χ1) is 13.1. The molecule has 0 spiro atoms. The Labute approximate surface area is 187 Å². The maximum Gasteiger partial charge on any atom is 0.222 e. The van der Waals surface area contributed by atoms with Crippen LogP contribution < -0.4 is 10.6 Å². The molecule has 1 saturated heterocycles. The molecule has 1 amide bonds. The summed E-state index contributed by atoms with van der Waals surface area (Å²) in [4.78, 5) is 21.4. The number of halogens is 1. The quantitative estimate of drug-likeness (QED) is 0.327. The van der Waals surface area contributed by atoms with Crippen LogP contribution in [0.4, 0.5) is 0 Å². The van der Waals surface area contributed by atoms with Crippen molar-refractivity contribution in [3.8, 4) is 0 Å². The number of amides is 1. The van der Waals surface area contributed by atoms with Gasteiger partial charge in [-0.15, -0.1) is 24.0 Å². The molecule has 1 unspecified atom stereocenters. The summed E-state index contributed by atoms with van der Waals surface area (Å²) in [6.07, 6.45) is 1.39. The van der Waals surface area contributed by atoms with Gasteiger partial charge in [0.15, 0.2) is 5.96 Å². The molecule has 158 valence electrons. The minimum Gasteiger partial charge on any atom is -0.357 e. The molecule has 1 aliphatic heterocycles. The molecule has 2 rings (SSSR count). The van der Waals surface area contributed by atoms with Crippen molar-refractivity contribution in [2.75, 3.05) is 39.3 Å². The molecule has 1 aliphatic rings. The lowest BCUT2D eigenvalue weighted by Gasteiger charge is -2.36. The number of nitrogens with zero attached hydrogens (tertiary/aromatic N) is 3. The summed E-state index contributed by atoms with van der Waals surface area (Å²) in [6, 6.07) is 10.8. The number of benzene rings is 1. The van der Waals surface area contributed by atoms with Crippen LogP contribution in [0.1, 0.15) is 39.2 Å². The second kappa shape index (κ2) is 13.8. The van der Waals surface area contributed by atoms with Gasteiger partial charge in [-0.2, -0.15) is 0 Å². The minimum atomic E-state index is 0. The van der Waals surface area contributed by atoms with Crippen molar-refractivity contribution < 1.29 is 4.79 Å². The summed E-state index contributed by atoms with van der Waals surface area (Å²) in [6.45, 7) is 12.5. The molecule has 28 heavy (non-hydrogen) atoms. The van der Waals surface area contributed by atoms with Crippen LogP contribution in [0.2, 0.25) is 0 Å². The Hall–Kier alpha value is -1.35. The molecule has 1 aromatic carbocycles. The van der Waals surface area contributed by atoms with E-state index in [1.54, 1.807) is 0 Å². The van der Waals surface area contributed by atoms with E-state index >= 15 is 0 Å². The summed E-state index contributed by atoms with van der Waals surface area (Å²) in [7, 11) is 0. The lowest BCUT2D eigenvalue weighted by Crippen LogP contribution is -2.52. The van der Waals surface area contributed by atoms with Crippen molar-refractivity contribution in [3.05, 3.63) is 35.9 Å². The van der Waals surface area contributed by atoms with Crippen LogP contribution >= 0.6 is 24.0 Å². The molecule has 1 aromatic rings. The number of carbonyl (C=O) groups is 1. The van der Waals surface area contributed by atoms with E-state index in [0.29, 0.717) is 13.0 Å². The Kier molecular flexibility index (Phi) is 12.1. The molecular formula is C21H36IN5O. The normalized spacial score (nSPS) is 16.2. The van der Waals surface area contributed by atoms with Gasteiger partial charge in [-0.25, -0.2) is 0 Å². The molecular weight excluding hydrogens is 465 g/mol. The Morgan fingerprint density at radius 3 is 2.43 bits per heavy atom. The topological polar surface area (TPSA) is 60.0 Å². The SMILES string of the molecule is CCNC(=NCCC(=O)NC(C)CC)N1CCN(Cc2ccccc2)CC1.I. The number of hydrogen-bond acceptors (Lipinski definition) is 3. The fourth-order valence-electron chi connectivity index (χ4n) is 3.10. The molecule has 2 N–H and O–H groups in total. The van der Waals surface area contributed by atoms with Gasteiger partial charge in [0.05, 0.1) is 6.54 Å². The molecule has 1 heterocycles. The molecule has 0 bridgehead atoms. The van der Waals surface area contributed by atoms with Gasteiger partial charge in [-0.1, -0.05) is 37.3 Å². The number of rotatable bonds is 8. The number of nitrogens with one attached hydrogen (secondary N) is 2. The summed E-state index contributed by atoms with van der Waals surface area (Å²) in [5.74, 6) is 1.00. The number of hydrogen-bond donors (Lipinski definition) is 2. The predicted octanol–water partition coefficient (Wildman–Crippen LogP) is 2.69. The molecule has 1 atom stereocenters. The zero-order valence-corrected chi connectivity index (χ0v) is 19.8. The molecule has 0 aromatic heterocycles. The maximum absolute atomic E-state index is 11.9. The summed E-state index contributed by atoms with van der Waals surface area (Å²) in [5.41, 5.74) is 1.36. The molecule has 0 radical (unpaired) electrons. The Morgan fingerprint density at radius 1 is 1.14 bits per heavy atom. The summed E-state index contributed by atoms with van der Waals surface area (Å²) in [5, 5.41) is 6.36. The van der Waals surface area contributed by atoms with E-state index < -0.39 is 0 Å². The molecule has 0 saturated carbocycles. The van der Waals surface area contributed by atoms with Gasteiger partial charge in [0, 0.05) is 51.7 Å². The molecule has 1 fully saturated rings. The van der Waals surface area contributed by atoms with E-state index in [4.69, 9.17) is 0 Å². The van der Waals surface area contributed by atoms with E-state index in [0.717, 1.165) is 51.6 Å². The third-order valence-electron chi connectivity index (χ3n) is 4.88. The van der Waals surface area contributed by atoms with Gasteiger partial charge >= 0.3 is 0 Å². The van der Waals surface area contributed by atoms with E-state index in [1.165, 1.54) is 5.56 Å². The monoisotopic (exact) mass is 501 g/mol. The van der Waals surface area contributed by atoms with Crippen LogP contribution in [0.3, 0.4) is 0 Å². The van der Waals surface area contributed by atoms with E-state index in [2.05, 4.69) is 69.6 Å². The van der Waals surface area contributed by atoms with Gasteiger partial charge in [0.25, 0.3) is 0 Å². The highest BCUT2D eigenvalue weighted by Crippen LogP contribution is 2.08. The third kappa shape index (κ3) is 8.77. The Balaban J connectivity index is 0.00000392. The van der Waals surface area contributed by atoms with Crippen LogP contribution in [-0.4, -0.2) is 67.0 Å². The highest BCUT2D eigenvalue weighted by Gasteiger charge is 2.19. The lowest BCUT2D eigenvalue weighted by atomic mass is 10.2. The van der Waals surface area contributed by atoms with E-state index in [1.807, 2.05) is 6.92 Å². The van der Waals surface area contributed by atoms with Gasteiger partial charge in [-0.05, 0) is 25.8 Å². The van der Waals surface area contributed by atoms with Crippen LogP contribution in [0.5, 0.6) is 0 Å². The molecule has 7 heteroatoms. The smallest absolute Gasteiger partial charge is 0.222 e. The van der Waals surface area contributed by atoms with Crippen molar-refractivity contribution >= 4 is 35.8 Å². The number of aliphatic imine (C=N–C) groups is 1. The van der Waals surface area contributed by atoms with E-state index in [9.17, 15) is 4.79 Å². The zero-order chi connectivity index (χ0) is 19.5. The molecule has 6 nitrogen and oxygen atoms in total. The average Bonchev–Trinajstić information content (AvgIpc) is 2.68. The second-order valence-electron chi connectivity index (χ2n) is 7.11. The van der Waals surface area contributed by atoms with Gasteiger partial charge < -0.3 is 15.5 Å². The number of guanidine groups is 1. The van der Waals surface area contributed by atoms with Crippen molar-refractivity contribution in [2.45, 2.75) is 46.2 Å². The fourth-order valence-corrected chi connectivity index (χ4v) is 3.10. The fraction of sp³-hybridized carbons (Fsp3) is 0.619. The standard InChI is InChI=1S/C21H35N5O.HI/c1-4-18(3)24-20(27)11-12-23-21(22-5-2)26-15-13-25(14-16-26)17-19-9-7-6-8-10-19;/h6-10,18H,4-5,11-17H2,1-3H3,(H,22,23)(H,24,27);1H. The van der Waals surface area contributed by atoms with Crippen LogP contribution in [0.15, 0.2) is 35.3 Å². The first-order valence-electron chi connectivity index (χ1n) is 10.2. The van der Waals surface area contributed by atoms with Crippen LogP contribution in [-0.2, 0) is 11.3 Å². The van der Waals surface area contributed by atoms with Crippen LogP contribution in [0.25, 0.3) is 0 Å². The Morgan fingerprint density at radius 2 is 1.82 bits per heavy atom. The van der Waals surface area contributed by atoms with Crippen molar-refractivity contribution in [1.29, 1.82) is 0 Å². The molecule has 0 aliphatic carbocycles. The van der Waals surface area contributed by atoms with Crippen LogP contribution in [0, 0.1) is 0 Å². The van der Waals surface area contributed by atoms with Crippen molar-refractivity contribution in [3.63, 3.8) is 0 Å². The van der Waals surface area contributed by atoms with Crippen molar-refractivity contribution in [1.82, 2.24) is 20.4 Å². The highest BCUT2D eigenvalue weighted by atomic mass is 127. The predicted molar refractivity (Wildman–Crippen MR) is 127 cm³/mol. The summed E-state index contributed by atoms with van der Waals surface area (Å²) >= 11 is 0. The number of carbonyl (C=O) groups excluding carboxylic acids is 1. The van der Waals surface area contributed by atoms with Gasteiger partial charge in [0.2, 0.25) is 5.91 Å². The lowest BCUT2D eigenvalue weighted by molar-refractivity contribution is -0.121. The minimum absolute atomic E-state index is 0. The van der Waals surface area contributed by atoms with Gasteiger partial charge in [-0.3, -0.25) is 14.7 Å². The first-order valence-corrected chi connectivity index (χ1v) is 10.2. The largest absolute Gasteiger partial charge is 0.357 e. The zero-order valence-electron chi connectivity index (χ0n) is 17.5. The van der Waals surface area contributed by atoms with Gasteiger partial charge in [0.1, 0.15) is 0 Å². The number of piperazine rings is 1. The second-order valence-corrected chi connectivity index (χ2v) is 7.11. The first kappa shape index (κ1) is 24.7. The van der Waals surface area contributed by atoms with Crippen molar-refractivity contribution in [2.24, 2.45) is 4.99 Å². The summed E-state index contributed by atoms with van der Waals surface area (Å²) < 4.78 is 0. The third-order valence-corrected chi connectivity index (χ3v) is 4.88. The average molecular weight is 501 g/mol.